The number of nitrogens with one attached hydrogen (secondary N) is 2. The van der Waals surface area contributed by atoms with Gasteiger partial charge in [-0.05, 0) is 43.5 Å². The molecule has 2 aromatic carbocycles. The molecule has 4 amide bonds. The fourth-order valence-corrected chi connectivity index (χ4v) is 3.57. The van der Waals surface area contributed by atoms with Crippen molar-refractivity contribution < 1.29 is 14.4 Å². The molecule has 7 heteroatoms. The molecule has 1 saturated heterocycles. The molecule has 1 aliphatic heterocycles. The number of carbonyl (C=O) groups is 3. The molecule has 0 spiro atoms. The van der Waals surface area contributed by atoms with Gasteiger partial charge in [-0.25, -0.2) is 4.79 Å². The van der Waals surface area contributed by atoms with Crippen LogP contribution >= 0.6 is 11.6 Å². The van der Waals surface area contributed by atoms with E-state index < -0.39 is 29.9 Å². The molecule has 1 atom stereocenters. The molecule has 0 saturated carbocycles. The summed E-state index contributed by atoms with van der Waals surface area (Å²) in [4.78, 5) is 38.5. The SMILES string of the molecule is Cc1cc(C)c(NC(=O)CN2C(=O)NC(C)(c3ccccc3)C2=O)c(Cl)c1. The van der Waals surface area contributed by atoms with Crippen LogP contribution in [0.3, 0.4) is 0 Å². The van der Waals surface area contributed by atoms with Gasteiger partial charge in [0.25, 0.3) is 5.91 Å². The molecule has 0 aromatic heterocycles. The van der Waals surface area contributed by atoms with E-state index >= 15 is 0 Å². The lowest BCUT2D eigenvalue weighted by Crippen LogP contribution is -2.42. The molecule has 6 nitrogen and oxygen atoms in total. The van der Waals surface area contributed by atoms with Gasteiger partial charge < -0.3 is 10.6 Å². The summed E-state index contributed by atoms with van der Waals surface area (Å²) in [6.07, 6.45) is 0. The molecular weight excluding hydrogens is 366 g/mol. The third-order valence-corrected chi connectivity index (χ3v) is 4.92. The van der Waals surface area contributed by atoms with Gasteiger partial charge in [-0.1, -0.05) is 48.0 Å². The Morgan fingerprint density at radius 1 is 1.19 bits per heavy atom. The van der Waals surface area contributed by atoms with E-state index in [-0.39, 0.29) is 0 Å². The summed E-state index contributed by atoms with van der Waals surface area (Å²) in [6, 6.07) is 12.0. The van der Waals surface area contributed by atoms with E-state index in [1.54, 1.807) is 37.3 Å². The Morgan fingerprint density at radius 3 is 2.48 bits per heavy atom. The van der Waals surface area contributed by atoms with Crippen molar-refractivity contribution >= 4 is 35.1 Å². The number of nitrogens with zero attached hydrogens (tertiary/aromatic N) is 1. The fourth-order valence-electron chi connectivity index (χ4n) is 3.20. The summed E-state index contributed by atoms with van der Waals surface area (Å²) in [6.45, 7) is 4.97. The highest BCUT2D eigenvalue weighted by molar-refractivity contribution is 6.34. The second-order valence-electron chi connectivity index (χ2n) is 6.80. The number of rotatable bonds is 4. The number of imide groups is 1. The minimum Gasteiger partial charge on any atom is -0.323 e. The van der Waals surface area contributed by atoms with Crippen LogP contribution in [-0.2, 0) is 15.1 Å². The Kier molecular flexibility index (Phi) is 4.93. The molecule has 1 fully saturated rings. The number of carbonyl (C=O) groups excluding carboxylic acids is 3. The third-order valence-electron chi connectivity index (χ3n) is 4.62. The Labute approximate surface area is 162 Å². The second kappa shape index (κ2) is 7.04. The van der Waals surface area contributed by atoms with E-state index in [4.69, 9.17) is 11.6 Å². The fraction of sp³-hybridized carbons (Fsp3) is 0.250. The van der Waals surface area contributed by atoms with Crippen molar-refractivity contribution in [2.45, 2.75) is 26.3 Å². The number of aryl methyl sites for hydroxylation is 2. The maximum Gasteiger partial charge on any atom is 0.325 e. The lowest BCUT2D eigenvalue weighted by molar-refractivity contribution is -0.133. The molecule has 2 N–H and O–H groups in total. The van der Waals surface area contributed by atoms with Gasteiger partial charge in [0.15, 0.2) is 0 Å². The lowest BCUT2D eigenvalue weighted by Gasteiger charge is -2.22. The van der Waals surface area contributed by atoms with Crippen molar-refractivity contribution in [1.82, 2.24) is 10.2 Å². The number of anilines is 1. The maximum atomic E-state index is 12.8. The standard InChI is InChI=1S/C20H20ClN3O3/c1-12-9-13(2)17(15(21)10-12)22-16(25)11-24-18(26)20(3,23-19(24)27)14-7-5-4-6-8-14/h4-10H,11H2,1-3H3,(H,22,25)(H,23,27). The molecule has 140 valence electrons. The largest absolute Gasteiger partial charge is 0.325 e. The first-order valence-electron chi connectivity index (χ1n) is 8.48. The van der Waals surface area contributed by atoms with Crippen LogP contribution in [0.2, 0.25) is 5.02 Å². The van der Waals surface area contributed by atoms with Crippen LogP contribution < -0.4 is 10.6 Å². The minimum absolute atomic E-state index is 0.392. The predicted molar refractivity (Wildman–Crippen MR) is 104 cm³/mol. The number of hydrogen-bond acceptors (Lipinski definition) is 3. The van der Waals surface area contributed by atoms with Crippen molar-refractivity contribution in [2.24, 2.45) is 0 Å². The van der Waals surface area contributed by atoms with Crippen LogP contribution in [-0.4, -0.2) is 29.3 Å². The van der Waals surface area contributed by atoms with Crippen molar-refractivity contribution in [2.75, 3.05) is 11.9 Å². The van der Waals surface area contributed by atoms with Gasteiger partial charge >= 0.3 is 6.03 Å². The van der Waals surface area contributed by atoms with E-state index in [1.807, 2.05) is 26.0 Å². The quantitative estimate of drug-likeness (QED) is 0.792. The van der Waals surface area contributed by atoms with Crippen LogP contribution in [0.25, 0.3) is 0 Å². The molecule has 1 unspecified atom stereocenters. The predicted octanol–water partition coefficient (Wildman–Crippen LogP) is 3.36. The average molecular weight is 386 g/mol. The summed E-state index contributed by atoms with van der Waals surface area (Å²) in [5.74, 6) is -0.967. The van der Waals surface area contributed by atoms with Gasteiger partial charge in [0.2, 0.25) is 5.91 Å². The zero-order chi connectivity index (χ0) is 19.8. The summed E-state index contributed by atoms with van der Waals surface area (Å²) in [5, 5.41) is 5.78. The molecule has 3 rings (SSSR count). The minimum atomic E-state index is -1.20. The summed E-state index contributed by atoms with van der Waals surface area (Å²) < 4.78 is 0. The highest BCUT2D eigenvalue weighted by Gasteiger charge is 2.49. The topological polar surface area (TPSA) is 78.5 Å². The summed E-state index contributed by atoms with van der Waals surface area (Å²) >= 11 is 6.20. The first kappa shape index (κ1) is 18.9. The zero-order valence-electron chi connectivity index (χ0n) is 15.3. The Morgan fingerprint density at radius 2 is 1.85 bits per heavy atom. The monoisotopic (exact) mass is 385 g/mol. The highest BCUT2D eigenvalue weighted by atomic mass is 35.5. The normalized spacial score (nSPS) is 19.2. The number of amides is 4. The average Bonchev–Trinajstić information content (AvgIpc) is 2.83. The third kappa shape index (κ3) is 3.53. The number of urea groups is 1. The maximum absolute atomic E-state index is 12.8. The summed E-state index contributed by atoms with van der Waals surface area (Å²) in [7, 11) is 0. The van der Waals surface area contributed by atoms with Gasteiger partial charge in [0.1, 0.15) is 12.1 Å². The second-order valence-corrected chi connectivity index (χ2v) is 7.21. The van der Waals surface area contributed by atoms with Crippen LogP contribution in [0.5, 0.6) is 0 Å². The number of halogens is 1. The van der Waals surface area contributed by atoms with Crippen molar-refractivity contribution in [1.29, 1.82) is 0 Å². The van der Waals surface area contributed by atoms with Crippen LogP contribution in [0.1, 0.15) is 23.6 Å². The van der Waals surface area contributed by atoms with Gasteiger partial charge in [-0.3, -0.25) is 14.5 Å². The van der Waals surface area contributed by atoms with Crippen LogP contribution in [0.15, 0.2) is 42.5 Å². The molecule has 0 radical (unpaired) electrons. The number of hydrogen-bond donors (Lipinski definition) is 2. The van der Waals surface area contributed by atoms with Gasteiger partial charge in [-0.15, -0.1) is 0 Å². The van der Waals surface area contributed by atoms with Crippen LogP contribution in [0, 0.1) is 13.8 Å². The molecule has 1 aliphatic rings. The first-order valence-corrected chi connectivity index (χ1v) is 8.86. The van der Waals surface area contributed by atoms with Crippen LogP contribution in [0.4, 0.5) is 10.5 Å². The van der Waals surface area contributed by atoms with Crippen molar-refractivity contribution in [3.05, 3.63) is 64.2 Å². The lowest BCUT2D eigenvalue weighted by atomic mass is 9.92. The highest BCUT2D eigenvalue weighted by Crippen LogP contribution is 2.30. The van der Waals surface area contributed by atoms with E-state index in [0.29, 0.717) is 16.3 Å². The van der Waals surface area contributed by atoms with Crippen molar-refractivity contribution in [3.8, 4) is 0 Å². The zero-order valence-corrected chi connectivity index (χ0v) is 16.1. The van der Waals surface area contributed by atoms with Gasteiger partial charge in [-0.2, -0.15) is 0 Å². The smallest absolute Gasteiger partial charge is 0.323 e. The molecular formula is C20H20ClN3O3. The van der Waals surface area contributed by atoms with Crippen molar-refractivity contribution in [3.63, 3.8) is 0 Å². The Hall–Kier alpha value is -2.86. The Bertz CT molecular complexity index is 906. The van der Waals surface area contributed by atoms with E-state index in [1.165, 1.54) is 0 Å². The van der Waals surface area contributed by atoms with E-state index in [9.17, 15) is 14.4 Å². The first-order chi connectivity index (χ1) is 12.7. The van der Waals surface area contributed by atoms with Gasteiger partial charge in [0.05, 0.1) is 10.7 Å². The molecule has 1 heterocycles. The number of benzene rings is 2. The molecule has 0 bridgehead atoms. The molecule has 0 aliphatic carbocycles. The van der Waals surface area contributed by atoms with E-state index in [2.05, 4.69) is 10.6 Å². The molecule has 27 heavy (non-hydrogen) atoms. The van der Waals surface area contributed by atoms with E-state index in [0.717, 1.165) is 16.0 Å². The van der Waals surface area contributed by atoms with Gasteiger partial charge in [0, 0.05) is 0 Å². The molecule has 2 aromatic rings. The summed E-state index contributed by atoms with van der Waals surface area (Å²) in [5.41, 5.74) is 1.72. The Balaban J connectivity index is 1.77.